The van der Waals surface area contributed by atoms with E-state index in [2.05, 4.69) is 20.7 Å². The lowest BCUT2D eigenvalue weighted by Gasteiger charge is -2.22. The van der Waals surface area contributed by atoms with Gasteiger partial charge in [0, 0.05) is 5.69 Å². The number of anilines is 1. The van der Waals surface area contributed by atoms with Gasteiger partial charge < -0.3 is 20.7 Å². The van der Waals surface area contributed by atoms with Crippen molar-refractivity contribution >= 4 is 33.6 Å². The van der Waals surface area contributed by atoms with Crippen LogP contribution in [0.1, 0.15) is 43.2 Å². The van der Waals surface area contributed by atoms with Crippen molar-refractivity contribution in [1.29, 1.82) is 0 Å². The molecular weight excluding hydrogens is 508 g/mol. The predicted molar refractivity (Wildman–Crippen MR) is 142 cm³/mol. The molecule has 2 aromatic rings. The van der Waals surface area contributed by atoms with Crippen molar-refractivity contribution in [2.45, 2.75) is 68.5 Å². The van der Waals surface area contributed by atoms with Crippen LogP contribution < -0.4 is 20.7 Å². The summed E-state index contributed by atoms with van der Waals surface area (Å²) >= 11 is 0. The first-order valence-electron chi connectivity index (χ1n) is 12.9. The van der Waals surface area contributed by atoms with Crippen LogP contribution in [0.4, 0.5) is 5.69 Å². The van der Waals surface area contributed by atoms with Crippen molar-refractivity contribution in [3.8, 4) is 0 Å². The summed E-state index contributed by atoms with van der Waals surface area (Å²) in [6, 6.07) is 10.8. The first-order valence-corrected chi connectivity index (χ1v) is 14.4. The van der Waals surface area contributed by atoms with Gasteiger partial charge in [0.05, 0.1) is 10.9 Å². The molecule has 1 amide bonds. The number of rotatable bonds is 9. The highest BCUT2D eigenvalue weighted by Gasteiger charge is 2.32. The predicted octanol–water partition coefficient (Wildman–Crippen LogP) is 1.79. The maximum atomic E-state index is 13.1. The van der Waals surface area contributed by atoms with Crippen molar-refractivity contribution in [2.24, 2.45) is 0 Å². The molecule has 4 rings (SSSR count). The molecule has 0 aromatic heterocycles. The molecule has 0 bridgehead atoms. The molecule has 3 atom stereocenters. The third-order valence-electron chi connectivity index (χ3n) is 6.72. The van der Waals surface area contributed by atoms with Crippen LogP contribution >= 0.6 is 0 Å². The van der Waals surface area contributed by atoms with E-state index in [1.807, 2.05) is 6.92 Å². The molecule has 2 aromatic carbocycles. The van der Waals surface area contributed by atoms with E-state index in [0.717, 1.165) is 37.8 Å². The monoisotopic (exact) mass is 542 g/mol. The number of esters is 2. The Balaban J connectivity index is 1.51. The van der Waals surface area contributed by atoms with Gasteiger partial charge in [0.25, 0.3) is 0 Å². The number of benzene rings is 2. The minimum Gasteiger partial charge on any atom is -0.391 e. The molecule has 4 N–H and O–H groups in total. The Morgan fingerprint density at radius 1 is 0.974 bits per heavy atom. The number of aryl methyl sites for hydroxylation is 1. The van der Waals surface area contributed by atoms with Gasteiger partial charge in [-0.3, -0.25) is 4.79 Å². The van der Waals surface area contributed by atoms with Crippen LogP contribution in [0.3, 0.4) is 0 Å². The van der Waals surface area contributed by atoms with Crippen LogP contribution in [-0.2, 0) is 35.6 Å². The summed E-state index contributed by atoms with van der Waals surface area (Å²) in [7, 11) is -4.10. The Hall–Kier alpha value is -3.12. The van der Waals surface area contributed by atoms with Gasteiger partial charge in [0.15, 0.2) is 0 Å². The summed E-state index contributed by atoms with van der Waals surface area (Å²) in [4.78, 5) is 38.2. The molecule has 2 saturated heterocycles. The quantitative estimate of drug-likeness (QED) is 0.278. The lowest BCUT2D eigenvalue weighted by atomic mass is 10.0. The second kappa shape index (κ2) is 12.6. The number of sulfonamides is 1. The molecule has 1 unspecified atom stereocenters. The lowest BCUT2D eigenvalue weighted by molar-refractivity contribution is -0.162. The smallest absolute Gasteiger partial charge is 0.332 e. The fraction of sp³-hybridized carbons (Fsp3) is 0.444. The van der Waals surface area contributed by atoms with E-state index in [1.54, 1.807) is 36.4 Å². The van der Waals surface area contributed by atoms with Crippen LogP contribution in [0.25, 0.3) is 0 Å². The maximum Gasteiger partial charge on any atom is 0.332 e. The van der Waals surface area contributed by atoms with Crippen LogP contribution in [0, 0.1) is 6.92 Å². The van der Waals surface area contributed by atoms with Crippen LogP contribution in [0.15, 0.2) is 53.4 Å². The van der Waals surface area contributed by atoms with Crippen LogP contribution in [0.2, 0.25) is 0 Å². The second-order valence-corrected chi connectivity index (χ2v) is 11.5. The number of carbonyl (C=O) groups excluding carboxylic acids is 3. The molecule has 0 saturated carbocycles. The third kappa shape index (κ3) is 7.47. The minimum absolute atomic E-state index is 0.00863. The molecule has 2 aliphatic rings. The van der Waals surface area contributed by atoms with Crippen molar-refractivity contribution in [3.63, 3.8) is 0 Å². The van der Waals surface area contributed by atoms with Gasteiger partial charge >= 0.3 is 11.9 Å². The molecule has 204 valence electrons. The summed E-state index contributed by atoms with van der Waals surface area (Å²) in [5, 5.41) is 9.06. The first-order chi connectivity index (χ1) is 18.2. The van der Waals surface area contributed by atoms with Crippen molar-refractivity contribution in [1.82, 2.24) is 15.4 Å². The Bertz CT molecular complexity index is 1250. The largest absolute Gasteiger partial charge is 0.391 e. The number of piperidine rings is 1. The molecule has 10 nitrogen and oxygen atoms in total. The van der Waals surface area contributed by atoms with Crippen molar-refractivity contribution in [3.05, 3.63) is 59.7 Å². The highest BCUT2D eigenvalue weighted by Crippen LogP contribution is 2.18. The Morgan fingerprint density at radius 3 is 2.37 bits per heavy atom. The summed E-state index contributed by atoms with van der Waals surface area (Å²) in [6.45, 7) is 3.27. The Morgan fingerprint density at radius 2 is 1.68 bits per heavy atom. The Labute approximate surface area is 223 Å². The number of carbonyl (C=O) groups is 3. The van der Waals surface area contributed by atoms with E-state index in [1.165, 1.54) is 12.1 Å². The van der Waals surface area contributed by atoms with Gasteiger partial charge in [-0.05, 0) is 81.9 Å². The molecule has 0 radical (unpaired) electrons. The average Bonchev–Trinajstić information content (AvgIpc) is 3.45. The molecule has 2 fully saturated rings. The fourth-order valence-corrected chi connectivity index (χ4v) is 5.77. The van der Waals surface area contributed by atoms with E-state index < -0.39 is 34.0 Å². The first kappa shape index (κ1) is 27.9. The standard InChI is InChI=1S/C27H34N4O6S/c1-18-10-12-21(13-11-18)38(35,36)31-24(27(34)37-26(33)23-9-5-15-29-23)17-19-6-4-7-20(16-19)30-25(32)22-8-2-3-14-28-22/h4,6-7,10-13,16,22-24,28-29,31H,2-3,5,8-9,14-15,17H2,1H3,(H,30,32)/t22?,23-,24-/m0/s1. The number of nitrogens with one attached hydrogen (secondary N) is 4. The van der Waals surface area contributed by atoms with Gasteiger partial charge in [0.2, 0.25) is 15.9 Å². The van der Waals surface area contributed by atoms with Crippen LogP contribution in [0.5, 0.6) is 0 Å². The summed E-state index contributed by atoms with van der Waals surface area (Å²) < 4.78 is 33.7. The van der Waals surface area contributed by atoms with Gasteiger partial charge in [-0.1, -0.05) is 36.2 Å². The number of ether oxygens (including phenoxy) is 1. The SMILES string of the molecule is Cc1ccc(S(=O)(=O)N[C@@H](Cc2cccc(NC(=O)C3CCCCN3)c2)C(=O)OC(=O)[C@@H]2CCCN2)cc1. The molecule has 2 heterocycles. The average molecular weight is 543 g/mol. The van der Waals surface area contributed by atoms with Gasteiger partial charge in [0.1, 0.15) is 12.1 Å². The summed E-state index contributed by atoms with van der Waals surface area (Å²) in [5.41, 5.74) is 2.00. The zero-order valence-electron chi connectivity index (χ0n) is 21.4. The second-order valence-electron chi connectivity index (χ2n) is 9.77. The summed E-state index contributed by atoms with van der Waals surface area (Å²) in [6.07, 6.45) is 4.01. The van der Waals surface area contributed by atoms with Crippen LogP contribution in [-0.4, -0.2) is 57.5 Å². The maximum absolute atomic E-state index is 13.1. The summed E-state index contributed by atoms with van der Waals surface area (Å²) in [5.74, 6) is -1.86. The van der Waals surface area contributed by atoms with E-state index in [-0.39, 0.29) is 23.3 Å². The molecule has 11 heteroatoms. The molecule has 38 heavy (non-hydrogen) atoms. The van der Waals surface area contributed by atoms with Gasteiger partial charge in [-0.2, -0.15) is 4.72 Å². The molecule has 0 spiro atoms. The lowest BCUT2D eigenvalue weighted by Crippen LogP contribution is -2.45. The topological polar surface area (TPSA) is 143 Å². The molecule has 0 aliphatic carbocycles. The number of hydrogen-bond donors (Lipinski definition) is 4. The third-order valence-corrected chi connectivity index (χ3v) is 8.21. The normalized spacial score (nSPS) is 20.4. The zero-order valence-corrected chi connectivity index (χ0v) is 22.2. The highest BCUT2D eigenvalue weighted by atomic mass is 32.2. The van der Waals surface area contributed by atoms with E-state index in [0.29, 0.717) is 24.2 Å². The van der Waals surface area contributed by atoms with E-state index in [4.69, 9.17) is 4.74 Å². The molecular formula is C27H34N4O6S. The molecule has 2 aliphatic heterocycles. The minimum atomic E-state index is -4.10. The van der Waals surface area contributed by atoms with Crippen molar-refractivity contribution in [2.75, 3.05) is 18.4 Å². The zero-order chi connectivity index (χ0) is 27.1. The number of hydrogen-bond acceptors (Lipinski definition) is 8. The van der Waals surface area contributed by atoms with E-state index in [9.17, 15) is 22.8 Å². The van der Waals surface area contributed by atoms with E-state index >= 15 is 0 Å². The number of amides is 1. The van der Waals surface area contributed by atoms with Crippen molar-refractivity contribution < 1.29 is 27.5 Å². The fourth-order valence-electron chi connectivity index (χ4n) is 4.59. The highest BCUT2D eigenvalue weighted by molar-refractivity contribution is 7.89. The van der Waals surface area contributed by atoms with Gasteiger partial charge in [-0.25, -0.2) is 18.0 Å². The Kier molecular flexibility index (Phi) is 9.26. The van der Waals surface area contributed by atoms with Gasteiger partial charge in [-0.15, -0.1) is 0 Å².